The third kappa shape index (κ3) is 5.66. The highest BCUT2D eigenvalue weighted by atomic mass is 16.3. The molecule has 2 aromatic rings. The molecule has 0 heterocycles. The summed E-state index contributed by atoms with van der Waals surface area (Å²) < 4.78 is 0. The first-order valence-corrected chi connectivity index (χ1v) is 7.64. The van der Waals surface area contributed by atoms with Gasteiger partial charge in [0, 0.05) is 0 Å². The number of rotatable bonds is 6. The number of aliphatic hydroxyl groups is 1. The van der Waals surface area contributed by atoms with Crippen LogP contribution >= 0.6 is 0 Å². The van der Waals surface area contributed by atoms with Gasteiger partial charge in [-0.05, 0) is 24.1 Å². The van der Waals surface area contributed by atoms with Crippen molar-refractivity contribution in [2.45, 2.75) is 13.0 Å². The van der Waals surface area contributed by atoms with Crippen molar-refractivity contribution in [2.75, 3.05) is 0 Å². The Kier molecular flexibility index (Phi) is 6.68. The third-order valence-electron chi connectivity index (χ3n) is 3.24. The summed E-state index contributed by atoms with van der Waals surface area (Å²) in [6, 6.07) is 18.7. The largest absolute Gasteiger partial charge is 0.378 e. The molecule has 4 heteroatoms. The van der Waals surface area contributed by atoms with Gasteiger partial charge in [-0.2, -0.15) is 5.10 Å². The van der Waals surface area contributed by atoms with Crippen molar-refractivity contribution in [3.63, 3.8) is 0 Å². The maximum Gasteiger partial charge on any atom is 0.273 e. The van der Waals surface area contributed by atoms with E-state index in [-0.39, 0.29) is 0 Å². The van der Waals surface area contributed by atoms with Crippen LogP contribution < -0.4 is 5.43 Å². The summed E-state index contributed by atoms with van der Waals surface area (Å²) in [6.45, 7) is 1.77. The van der Waals surface area contributed by atoms with Crippen molar-refractivity contribution in [1.82, 2.24) is 5.43 Å². The van der Waals surface area contributed by atoms with E-state index in [0.29, 0.717) is 11.3 Å². The predicted octanol–water partition coefficient (Wildman–Crippen LogP) is 3.48. The molecule has 2 aromatic carbocycles. The van der Waals surface area contributed by atoms with Crippen LogP contribution in [0.2, 0.25) is 0 Å². The van der Waals surface area contributed by atoms with Gasteiger partial charge in [0.15, 0.2) is 6.10 Å². The van der Waals surface area contributed by atoms with E-state index in [2.05, 4.69) is 10.5 Å². The van der Waals surface area contributed by atoms with E-state index in [1.807, 2.05) is 54.6 Å². The smallest absolute Gasteiger partial charge is 0.273 e. The normalized spacial score (nSPS) is 13.3. The molecule has 1 amide bonds. The van der Waals surface area contributed by atoms with Gasteiger partial charge in [-0.1, -0.05) is 78.9 Å². The predicted molar refractivity (Wildman–Crippen MR) is 97.3 cm³/mol. The minimum absolute atomic E-state index is 0.532. The number of aliphatic hydroxyl groups excluding tert-OH is 1. The molecule has 1 atom stereocenters. The molecular weight excluding hydrogens is 300 g/mol. The fourth-order valence-electron chi connectivity index (χ4n) is 1.95. The molecule has 0 aliphatic rings. The standard InChI is InChI=1S/C20H20N2O2/c1-16(10-8-9-13-17-11-4-2-5-12-17)21-22-20(24)19(23)18-14-6-3-7-15-18/h2-15,19,23H,1H3,(H,22,24)/b10-8+,13-9+,21-16-/t19-/m1/s1. The van der Waals surface area contributed by atoms with Crippen molar-refractivity contribution in [1.29, 1.82) is 0 Å². The van der Waals surface area contributed by atoms with Crippen LogP contribution in [0.3, 0.4) is 0 Å². The number of carbonyl (C=O) groups is 1. The molecule has 122 valence electrons. The van der Waals surface area contributed by atoms with Crippen molar-refractivity contribution in [3.05, 3.63) is 90.0 Å². The van der Waals surface area contributed by atoms with Crippen LogP contribution in [0.15, 0.2) is 84.0 Å². The number of nitrogens with one attached hydrogen (secondary N) is 1. The fourth-order valence-corrected chi connectivity index (χ4v) is 1.95. The number of carbonyl (C=O) groups excluding carboxylic acids is 1. The summed E-state index contributed by atoms with van der Waals surface area (Å²) in [7, 11) is 0. The highest BCUT2D eigenvalue weighted by Crippen LogP contribution is 2.11. The van der Waals surface area contributed by atoms with Crippen molar-refractivity contribution >= 4 is 17.7 Å². The van der Waals surface area contributed by atoms with Gasteiger partial charge in [-0.25, -0.2) is 5.43 Å². The molecule has 2 N–H and O–H groups in total. The Morgan fingerprint density at radius 3 is 2.33 bits per heavy atom. The quantitative estimate of drug-likeness (QED) is 0.486. The van der Waals surface area contributed by atoms with Crippen molar-refractivity contribution in [3.8, 4) is 0 Å². The average Bonchev–Trinajstić information content (AvgIpc) is 2.64. The molecule has 0 aliphatic carbocycles. The summed E-state index contributed by atoms with van der Waals surface area (Å²) in [4.78, 5) is 11.9. The first-order valence-electron chi connectivity index (χ1n) is 7.64. The van der Waals surface area contributed by atoms with E-state index in [9.17, 15) is 9.90 Å². The van der Waals surface area contributed by atoms with Gasteiger partial charge in [0.25, 0.3) is 5.91 Å². The van der Waals surface area contributed by atoms with Crippen LogP contribution in [-0.2, 0) is 4.79 Å². The Labute approximate surface area is 141 Å². The molecule has 4 nitrogen and oxygen atoms in total. The zero-order chi connectivity index (χ0) is 17.2. The van der Waals surface area contributed by atoms with Crippen LogP contribution in [0.25, 0.3) is 6.08 Å². The van der Waals surface area contributed by atoms with E-state index in [1.54, 1.807) is 37.3 Å². The summed E-state index contributed by atoms with van der Waals surface area (Å²) in [5.74, 6) is -0.561. The molecule has 0 radical (unpaired) electrons. The van der Waals surface area contributed by atoms with E-state index in [4.69, 9.17) is 0 Å². The minimum Gasteiger partial charge on any atom is -0.378 e. The van der Waals surface area contributed by atoms with E-state index < -0.39 is 12.0 Å². The van der Waals surface area contributed by atoms with Gasteiger partial charge in [0.2, 0.25) is 0 Å². The second-order valence-corrected chi connectivity index (χ2v) is 5.17. The van der Waals surface area contributed by atoms with Gasteiger partial charge < -0.3 is 5.11 Å². The first-order chi connectivity index (χ1) is 11.7. The van der Waals surface area contributed by atoms with Gasteiger partial charge in [0.05, 0.1) is 5.71 Å². The third-order valence-corrected chi connectivity index (χ3v) is 3.24. The lowest BCUT2D eigenvalue weighted by Crippen LogP contribution is -2.25. The molecule has 0 spiro atoms. The van der Waals surface area contributed by atoms with Crippen molar-refractivity contribution < 1.29 is 9.90 Å². The zero-order valence-corrected chi connectivity index (χ0v) is 13.5. The Balaban J connectivity index is 1.86. The minimum atomic E-state index is -1.23. The Hall–Kier alpha value is -2.98. The molecule has 0 saturated carbocycles. The highest BCUT2D eigenvalue weighted by Gasteiger charge is 2.15. The summed E-state index contributed by atoms with van der Waals surface area (Å²) >= 11 is 0. The molecule has 0 aliphatic heterocycles. The molecule has 2 rings (SSSR count). The monoisotopic (exact) mass is 320 g/mol. The van der Waals surface area contributed by atoms with Crippen LogP contribution in [0.4, 0.5) is 0 Å². The molecule has 0 saturated heterocycles. The van der Waals surface area contributed by atoms with E-state index >= 15 is 0 Å². The maximum atomic E-state index is 11.9. The molecule has 0 bridgehead atoms. The second-order valence-electron chi connectivity index (χ2n) is 5.17. The zero-order valence-electron chi connectivity index (χ0n) is 13.5. The number of hydrogen-bond acceptors (Lipinski definition) is 3. The van der Waals surface area contributed by atoms with Gasteiger partial charge in [-0.3, -0.25) is 4.79 Å². The van der Waals surface area contributed by atoms with Crippen molar-refractivity contribution in [2.24, 2.45) is 5.10 Å². The fraction of sp³-hybridized carbons (Fsp3) is 0.100. The van der Waals surface area contributed by atoms with Crippen LogP contribution in [0.5, 0.6) is 0 Å². The summed E-state index contributed by atoms with van der Waals surface area (Å²) in [6.07, 6.45) is 6.25. The number of nitrogens with zero attached hydrogens (tertiary/aromatic N) is 1. The topological polar surface area (TPSA) is 61.7 Å². The average molecular weight is 320 g/mol. The van der Waals surface area contributed by atoms with Crippen LogP contribution in [0.1, 0.15) is 24.2 Å². The van der Waals surface area contributed by atoms with Crippen LogP contribution in [0, 0.1) is 0 Å². The van der Waals surface area contributed by atoms with E-state index in [0.717, 1.165) is 5.56 Å². The molecule has 24 heavy (non-hydrogen) atoms. The SMILES string of the molecule is CC(/C=C/C=C/c1ccccc1)=N/NC(=O)[C@H](O)c1ccccc1. The Bertz CT molecular complexity index is 735. The number of hydrazone groups is 1. The first kappa shape index (κ1) is 17.4. The van der Waals surface area contributed by atoms with E-state index in [1.165, 1.54) is 0 Å². The highest BCUT2D eigenvalue weighted by molar-refractivity contribution is 5.94. The maximum absolute atomic E-state index is 11.9. The number of benzene rings is 2. The Morgan fingerprint density at radius 1 is 1.04 bits per heavy atom. The summed E-state index contributed by atoms with van der Waals surface area (Å²) in [5.41, 5.74) is 4.63. The lowest BCUT2D eigenvalue weighted by molar-refractivity contribution is -0.129. The van der Waals surface area contributed by atoms with Gasteiger partial charge >= 0.3 is 0 Å². The molecular formula is C20H20N2O2. The lowest BCUT2D eigenvalue weighted by Gasteiger charge is -2.08. The lowest BCUT2D eigenvalue weighted by atomic mass is 10.1. The number of amides is 1. The second kappa shape index (κ2) is 9.22. The Morgan fingerprint density at radius 2 is 1.67 bits per heavy atom. The summed E-state index contributed by atoms with van der Waals surface area (Å²) in [5, 5.41) is 13.9. The number of allylic oxidation sites excluding steroid dienone is 3. The number of hydrogen-bond donors (Lipinski definition) is 2. The van der Waals surface area contributed by atoms with Gasteiger partial charge in [-0.15, -0.1) is 0 Å². The molecule has 0 unspecified atom stereocenters. The van der Waals surface area contributed by atoms with Gasteiger partial charge in [0.1, 0.15) is 0 Å². The molecule has 0 aromatic heterocycles. The molecule has 0 fully saturated rings. The van der Waals surface area contributed by atoms with Crippen LogP contribution in [-0.4, -0.2) is 16.7 Å².